The molecule has 0 saturated carbocycles. The number of nitrogens with two attached hydrogens (primary N) is 4. The predicted molar refractivity (Wildman–Crippen MR) is 247 cm³/mol. The number of amides is 6. The summed E-state index contributed by atoms with van der Waals surface area (Å²) in [5, 5.41) is 11.2. The summed E-state index contributed by atoms with van der Waals surface area (Å²) in [6.07, 6.45) is 10.4. The smallest absolute Gasteiger partial charge is 0.246 e. The van der Waals surface area contributed by atoms with Crippen molar-refractivity contribution in [1.82, 2.24) is 32.1 Å². The van der Waals surface area contributed by atoms with E-state index in [1.165, 1.54) is 0 Å². The number of unbranched alkanes of at least 4 members (excludes halogenated alkanes) is 3. The lowest BCUT2D eigenvalue weighted by Gasteiger charge is -2.33. The molecule has 0 unspecified atom stereocenters. The van der Waals surface area contributed by atoms with Gasteiger partial charge in [0.2, 0.25) is 35.4 Å². The number of rotatable bonds is 35. The van der Waals surface area contributed by atoms with Crippen molar-refractivity contribution < 1.29 is 38.4 Å². The first kappa shape index (κ1) is 57.0. The molecule has 0 aliphatic rings. The van der Waals surface area contributed by atoms with Crippen LogP contribution in [0.25, 0.3) is 0 Å². The van der Waals surface area contributed by atoms with Crippen molar-refractivity contribution in [2.75, 3.05) is 6.54 Å². The zero-order valence-electron chi connectivity index (χ0n) is 38.9. The van der Waals surface area contributed by atoms with Crippen LogP contribution in [-0.2, 0) is 44.8 Å². The van der Waals surface area contributed by atoms with Gasteiger partial charge in [-0.15, -0.1) is 0 Å². The Labute approximate surface area is 379 Å². The maximum Gasteiger partial charge on any atom is 0.246 e. The normalized spacial score (nSPS) is 15.8. The standard InChI is InChI=1S/C46H78N10O8/c1-31(2)26-35(30-58)55-56-38(27-32(3)4)41(61)52-37(28-33-18-12-11-13-19-33)42(62)54-46(6,44(64)51-34(29-57)20-14-17-25-47)24-16-10-8-7-9-15-23-45(5,50)43(63)53-36(40(49)60)21-22-39(48)59/h7-8,11-13,18-19,29-32,34-38,55-56H,9-10,14-17,20-28,47,50H2,1-6H3,(H2,48,59)(H2,49,60)(H,51,64)(H,52,61)(H,53,63)(H,54,62)/b8-7-/t34-,35-,36-,37-,38-,45-,46-/m0/s1. The molecule has 64 heavy (non-hydrogen) atoms. The number of hydrazine groups is 1. The van der Waals surface area contributed by atoms with Crippen molar-refractivity contribution in [1.29, 1.82) is 0 Å². The van der Waals surface area contributed by atoms with Crippen LogP contribution in [0.5, 0.6) is 0 Å². The van der Waals surface area contributed by atoms with Gasteiger partial charge in [0.05, 0.1) is 17.6 Å². The van der Waals surface area contributed by atoms with Gasteiger partial charge < -0.3 is 53.8 Å². The molecule has 0 fully saturated rings. The maximum absolute atomic E-state index is 14.4. The number of hydrogen-bond donors (Lipinski definition) is 10. The van der Waals surface area contributed by atoms with Gasteiger partial charge in [0.15, 0.2) is 0 Å². The average molecular weight is 899 g/mol. The Morgan fingerprint density at radius 1 is 0.672 bits per heavy atom. The Balaban J connectivity index is 3.23. The molecule has 1 rings (SSSR count). The van der Waals surface area contributed by atoms with Crippen LogP contribution in [0.2, 0.25) is 0 Å². The van der Waals surface area contributed by atoms with E-state index in [1.807, 2.05) is 70.2 Å². The number of aldehydes is 2. The van der Waals surface area contributed by atoms with Gasteiger partial charge in [0.1, 0.15) is 36.2 Å². The van der Waals surface area contributed by atoms with Crippen molar-refractivity contribution in [2.45, 2.75) is 173 Å². The summed E-state index contributed by atoms with van der Waals surface area (Å²) < 4.78 is 0. The Kier molecular flexibility index (Phi) is 26.9. The van der Waals surface area contributed by atoms with Crippen LogP contribution in [-0.4, -0.2) is 95.8 Å². The highest BCUT2D eigenvalue weighted by Crippen LogP contribution is 2.19. The lowest BCUT2D eigenvalue weighted by Crippen LogP contribution is -2.63. The van der Waals surface area contributed by atoms with Crippen molar-refractivity contribution >= 4 is 48.0 Å². The van der Waals surface area contributed by atoms with Gasteiger partial charge in [-0.25, -0.2) is 10.9 Å². The van der Waals surface area contributed by atoms with E-state index in [0.717, 1.165) is 11.8 Å². The molecule has 18 heteroatoms. The number of carbonyl (C=O) groups excluding carboxylic acids is 8. The number of hydrogen-bond acceptors (Lipinski definition) is 12. The van der Waals surface area contributed by atoms with E-state index in [-0.39, 0.29) is 43.9 Å². The van der Waals surface area contributed by atoms with Crippen LogP contribution in [0, 0.1) is 11.8 Å². The number of allylic oxidation sites excluding steroid dienone is 2. The zero-order valence-corrected chi connectivity index (χ0v) is 38.9. The Bertz CT molecular complexity index is 1660. The molecule has 1 aromatic carbocycles. The lowest BCUT2D eigenvalue weighted by atomic mass is 9.91. The van der Waals surface area contributed by atoms with Gasteiger partial charge in [0.25, 0.3) is 0 Å². The first-order valence-corrected chi connectivity index (χ1v) is 22.6. The third kappa shape index (κ3) is 23.1. The molecule has 0 spiro atoms. The Morgan fingerprint density at radius 2 is 1.28 bits per heavy atom. The first-order chi connectivity index (χ1) is 30.2. The summed E-state index contributed by atoms with van der Waals surface area (Å²) in [5.41, 5.74) is 26.4. The van der Waals surface area contributed by atoms with Gasteiger partial charge in [0, 0.05) is 12.8 Å². The van der Waals surface area contributed by atoms with Gasteiger partial charge in [-0.05, 0) is 115 Å². The van der Waals surface area contributed by atoms with Crippen molar-refractivity contribution in [3.8, 4) is 0 Å². The highest BCUT2D eigenvalue weighted by Gasteiger charge is 2.38. The minimum atomic E-state index is -1.50. The molecule has 0 heterocycles. The second-order valence-electron chi connectivity index (χ2n) is 18.0. The van der Waals surface area contributed by atoms with Gasteiger partial charge in [-0.1, -0.05) is 70.2 Å². The average Bonchev–Trinajstić information content (AvgIpc) is 3.23. The minimum Gasteiger partial charge on any atom is -0.370 e. The molecule has 1 aromatic rings. The third-order valence-electron chi connectivity index (χ3n) is 10.8. The Morgan fingerprint density at radius 3 is 1.83 bits per heavy atom. The van der Waals surface area contributed by atoms with Crippen LogP contribution in [0.4, 0.5) is 0 Å². The summed E-state index contributed by atoms with van der Waals surface area (Å²) in [5.74, 6) is -3.32. The Hall–Kier alpha value is -5.04. The van der Waals surface area contributed by atoms with E-state index in [4.69, 9.17) is 22.9 Å². The molecule has 0 aliphatic carbocycles. The molecule has 18 nitrogen and oxygen atoms in total. The molecular formula is C46H78N10O8. The van der Waals surface area contributed by atoms with Crippen LogP contribution < -0.4 is 55.1 Å². The lowest BCUT2D eigenvalue weighted by molar-refractivity contribution is -0.136. The molecule has 0 radical (unpaired) electrons. The predicted octanol–water partition coefficient (Wildman–Crippen LogP) is 1.37. The molecule has 0 bridgehead atoms. The summed E-state index contributed by atoms with van der Waals surface area (Å²) in [6.45, 7) is 11.5. The molecule has 0 saturated heterocycles. The topological polar surface area (TPSA) is 313 Å². The SMILES string of the molecule is CC(C)C[C@@H](C=O)NN[C@@H](CC(C)C)C(=O)N[C@@H](Cc1ccccc1)C(=O)N[C@@](C)(CCC/C=C\CCC[C@](C)(N)C(=O)N[C@@H](CCC(N)=O)C(N)=O)C(=O)N[C@H](C=O)CCCCN. The first-order valence-electron chi connectivity index (χ1n) is 22.6. The summed E-state index contributed by atoms with van der Waals surface area (Å²) in [7, 11) is 0. The molecular weight excluding hydrogens is 821 g/mol. The third-order valence-corrected chi connectivity index (χ3v) is 10.8. The number of primary amides is 2. The van der Waals surface area contributed by atoms with E-state index in [0.29, 0.717) is 70.6 Å². The fourth-order valence-electron chi connectivity index (χ4n) is 6.91. The molecule has 360 valence electrons. The van der Waals surface area contributed by atoms with Crippen molar-refractivity contribution in [2.24, 2.45) is 34.8 Å². The zero-order chi connectivity index (χ0) is 48.3. The highest BCUT2D eigenvalue weighted by molar-refractivity contribution is 5.96. The number of benzene rings is 1. The molecule has 0 aromatic heterocycles. The fraction of sp³-hybridized carbons (Fsp3) is 0.652. The van der Waals surface area contributed by atoms with E-state index in [9.17, 15) is 38.4 Å². The van der Waals surface area contributed by atoms with Crippen LogP contribution in [0.15, 0.2) is 42.5 Å². The summed E-state index contributed by atoms with van der Waals surface area (Å²) in [6, 6.07) is 4.85. The largest absolute Gasteiger partial charge is 0.370 e. The van der Waals surface area contributed by atoms with E-state index in [1.54, 1.807) is 13.8 Å². The highest BCUT2D eigenvalue weighted by atomic mass is 16.2. The van der Waals surface area contributed by atoms with Gasteiger partial charge in [-0.3, -0.25) is 28.8 Å². The van der Waals surface area contributed by atoms with E-state index >= 15 is 0 Å². The summed E-state index contributed by atoms with van der Waals surface area (Å²) >= 11 is 0. The molecule has 7 atom stereocenters. The monoisotopic (exact) mass is 899 g/mol. The van der Waals surface area contributed by atoms with Crippen molar-refractivity contribution in [3.05, 3.63) is 48.0 Å². The summed E-state index contributed by atoms with van der Waals surface area (Å²) in [4.78, 5) is 102. The quantitative estimate of drug-likeness (QED) is 0.0200. The maximum atomic E-state index is 14.4. The van der Waals surface area contributed by atoms with Gasteiger partial charge >= 0.3 is 0 Å². The van der Waals surface area contributed by atoms with Gasteiger partial charge in [-0.2, -0.15) is 0 Å². The van der Waals surface area contributed by atoms with Crippen LogP contribution >= 0.6 is 0 Å². The second kappa shape index (κ2) is 30.2. The van der Waals surface area contributed by atoms with E-state index in [2.05, 4.69) is 32.1 Å². The van der Waals surface area contributed by atoms with Crippen molar-refractivity contribution in [3.63, 3.8) is 0 Å². The van der Waals surface area contributed by atoms with Crippen LogP contribution in [0.1, 0.15) is 131 Å². The molecule has 14 N–H and O–H groups in total. The minimum absolute atomic E-state index is 0.0330. The molecule has 0 aliphatic heterocycles. The number of nitrogens with one attached hydrogen (secondary N) is 6. The van der Waals surface area contributed by atoms with Crippen LogP contribution in [0.3, 0.4) is 0 Å². The molecule has 6 amide bonds. The fourth-order valence-corrected chi connectivity index (χ4v) is 6.91. The second-order valence-corrected chi connectivity index (χ2v) is 18.0. The van der Waals surface area contributed by atoms with E-state index < -0.39 is 76.7 Å². The number of carbonyl (C=O) groups is 8.